The van der Waals surface area contributed by atoms with Gasteiger partial charge in [0, 0.05) is 29.3 Å². The second kappa shape index (κ2) is 9.48. The standard InChI is InChI=1S/C21H17FN6O3S2/c22-15-4-6-17(7-5-15)28-20(14-8-10-24-11-9-14)26-27-21(28)32-13-19(29)25-16-2-1-3-18(12-16)33(23,30)31/h1-12H,13H2,(H,25,29)(H2,23,30,31). The van der Waals surface area contributed by atoms with Crippen molar-refractivity contribution < 1.29 is 17.6 Å². The Kier molecular flexibility index (Phi) is 6.49. The minimum Gasteiger partial charge on any atom is -0.325 e. The summed E-state index contributed by atoms with van der Waals surface area (Å²) in [4.78, 5) is 16.4. The summed E-state index contributed by atoms with van der Waals surface area (Å²) in [6, 6.07) is 15.0. The molecule has 9 nitrogen and oxygen atoms in total. The number of carbonyl (C=O) groups excluding carboxylic acids is 1. The number of thioether (sulfide) groups is 1. The number of hydrogen-bond acceptors (Lipinski definition) is 7. The molecule has 4 aromatic rings. The van der Waals surface area contributed by atoms with E-state index in [1.165, 1.54) is 30.3 Å². The first-order valence-corrected chi connectivity index (χ1v) is 12.0. The van der Waals surface area contributed by atoms with Crippen LogP contribution in [0.4, 0.5) is 10.1 Å². The minimum atomic E-state index is -3.89. The molecule has 2 aromatic heterocycles. The molecule has 0 saturated carbocycles. The van der Waals surface area contributed by atoms with Crippen molar-refractivity contribution in [2.75, 3.05) is 11.1 Å². The second-order valence-electron chi connectivity index (χ2n) is 6.76. The van der Waals surface area contributed by atoms with Crippen LogP contribution in [0, 0.1) is 5.82 Å². The lowest BCUT2D eigenvalue weighted by atomic mass is 10.2. The Morgan fingerprint density at radius 2 is 1.79 bits per heavy atom. The minimum absolute atomic E-state index is 0.0325. The number of anilines is 1. The third-order valence-electron chi connectivity index (χ3n) is 4.44. The van der Waals surface area contributed by atoms with E-state index in [9.17, 15) is 17.6 Å². The van der Waals surface area contributed by atoms with Gasteiger partial charge in [-0.15, -0.1) is 10.2 Å². The van der Waals surface area contributed by atoms with Crippen LogP contribution in [-0.4, -0.2) is 39.8 Å². The quantitative estimate of drug-likeness (QED) is 0.385. The number of aromatic nitrogens is 4. The van der Waals surface area contributed by atoms with E-state index in [2.05, 4.69) is 20.5 Å². The van der Waals surface area contributed by atoms with Crippen molar-refractivity contribution in [2.24, 2.45) is 5.14 Å². The van der Waals surface area contributed by atoms with Crippen molar-refractivity contribution in [2.45, 2.75) is 10.1 Å². The largest absolute Gasteiger partial charge is 0.325 e. The highest BCUT2D eigenvalue weighted by atomic mass is 32.2. The van der Waals surface area contributed by atoms with Gasteiger partial charge in [0.15, 0.2) is 11.0 Å². The molecule has 3 N–H and O–H groups in total. The van der Waals surface area contributed by atoms with Gasteiger partial charge in [0.2, 0.25) is 15.9 Å². The van der Waals surface area contributed by atoms with Gasteiger partial charge in [0.25, 0.3) is 0 Å². The Labute approximate surface area is 192 Å². The van der Waals surface area contributed by atoms with Crippen LogP contribution in [0.1, 0.15) is 0 Å². The molecule has 1 amide bonds. The molecular weight excluding hydrogens is 467 g/mol. The lowest BCUT2D eigenvalue weighted by molar-refractivity contribution is -0.113. The molecule has 0 radical (unpaired) electrons. The molecule has 12 heteroatoms. The zero-order valence-corrected chi connectivity index (χ0v) is 18.6. The molecule has 0 spiro atoms. The molecule has 4 rings (SSSR count). The Balaban J connectivity index is 1.56. The summed E-state index contributed by atoms with van der Waals surface area (Å²) in [5, 5.41) is 16.6. The van der Waals surface area contributed by atoms with Gasteiger partial charge in [-0.05, 0) is 54.6 Å². The number of carbonyl (C=O) groups is 1. The van der Waals surface area contributed by atoms with Crippen LogP contribution in [0.3, 0.4) is 0 Å². The first-order valence-electron chi connectivity index (χ1n) is 9.48. The van der Waals surface area contributed by atoms with Gasteiger partial charge in [-0.3, -0.25) is 14.3 Å². The number of pyridine rings is 1. The number of benzene rings is 2. The Morgan fingerprint density at radius 3 is 2.48 bits per heavy atom. The molecule has 33 heavy (non-hydrogen) atoms. The summed E-state index contributed by atoms with van der Waals surface area (Å²) >= 11 is 1.12. The highest BCUT2D eigenvalue weighted by Crippen LogP contribution is 2.28. The highest BCUT2D eigenvalue weighted by Gasteiger charge is 2.18. The zero-order chi connectivity index (χ0) is 23.4. The van der Waals surface area contributed by atoms with Gasteiger partial charge in [-0.25, -0.2) is 17.9 Å². The van der Waals surface area contributed by atoms with Crippen molar-refractivity contribution in [3.63, 3.8) is 0 Å². The fourth-order valence-corrected chi connectivity index (χ4v) is 4.26. The molecule has 168 valence electrons. The van der Waals surface area contributed by atoms with Crippen LogP contribution < -0.4 is 10.5 Å². The lowest BCUT2D eigenvalue weighted by Gasteiger charge is -2.11. The van der Waals surface area contributed by atoms with Gasteiger partial charge in [0.1, 0.15) is 5.82 Å². The van der Waals surface area contributed by atoms with E-state index < -0.39 is 10.0 Å². The summed E-state index contributed by atoms with van der Waals surface area (Å²) in [6.45, 7) is 0. The van der Waals surface area contributed by atoms with E-state index in [0.717, 1.165) is 17.3 Å². The number of rotatable bonds is 7. The van der Waals surface area contributed by atoms with Gasteiger partial charge >= 0.3 is 0 Å². The molecule has 0 bridgehead atoms. The predicted octanol–water partition coefficient (Wildman–Crippen LogP) is 2.85. The van der Waals surface area contributed by atoms with Crippen molar-refractivity contribution in [3.8, 4) is 17.1 Å². The van der Waals surface area contributed by atoms with Crippen molar-refractivity contribution >= 4 is 33.4 Å². The third kappa shape index (κ3) is 5.42. The molecular formula is C21H17FN6O3S2. The number of primary sulfonamides is 1. The maximum absolute atomic E-state index is 13.5. The van der Waals surface area contributed by atoms with Crippen LogP contribution in [0.15, 0.2) is 83.1 Å². The summed E-state index contributed by atoms with van der Waals surface area (Å²) in [5.41, 5.74) is 1.67. The Hall–Kier alpha value is -3.61. The average molecular weight is 485 g/mol. The maximum Gasteiger partial charge on any atom is 0.238 e. The number of amides is 1. The number of nitrogens with two attached hydrogens (primary N) is 1. The maximum atomic E-state index is 13.5. The van der Waals surface area contributed by atoms with Crippen LogP contribution in [0.2, 0.25) is 0 Å². The van der Waals surface area contributed by atoms with Crippen LogP contribution in [0.25, 0.3) is 17.1 Å². The molecule has 0 aliphatic carbocycles. The number of sulfonamides is 1. The smallest absolute Gasteiger partial charge is 0.238 e. The number of halogens is 1. The topological polar surface area (TPSA) is 133 Å². The van der Waals surface area contributed by atoms with E-state index in [0.29, 0.717) is 22.4 Å². The van der Waals surface area contributed by atoms with Gasteiger partial charge < -0.3 is 5.32 Å². The summed E-state index contributed by atoms with van der Waals surface area (Å²) < 4.78 is 38.2. The molecule has 0 aliphatic rings. The lowest BCUT2D eigenvalue weighted by Crippen LogP contribution is -2.16. The zero-order valence-electron chi connectivity index (χ0n) is 16.9. The van der Waals surface area contributed by atoms with Crippen molar-refractivity contribution in [3.05, 3.63) is 78.9 Å². The molecule has 2 aromatic carbocycles. The molecule has 0 unspecified atom stereocenters. The highest BCUT2D eigenvalue weighted by molar-refractivity contribution is 7.99. The molecule has 0 saturated heterocycles. The summed E-state index contributed by atoms with van der Waals surface area (Å²) in [6.07, 6.45) is 3.24. The van der Waals surface area contributed by atoms with E-state index in [4.69, 9.17) is 5.14 Å². The van der Waals surface area contributed by atoms with E-state index in [-0.39, 0.29) is 22.4 Å². The van der Waals surface area contributed by atoms with E-state index in [1.807, 2.05) is 0 Å². The number of hydrogen-bond donors (Lipinski definition) is 2. The second-order valence-corrected chi connectivity index (χ2v) is 9.27. The molecule has 0 fully saturated rings. The van der Waals surface area contributed by atoms with Crippen LogP contribution in [-0.2, 0) is 14.8 Å². The first-order chi connectivity index (χ1) is 15.8. The monoisotopic (exact) mass is 484 g/mol. The van der Waals surface area contributed by atoms with Gasteiger partial charge in [-0.2, -0.15) is 0 Å². The van der Waals surface area contributed by atoms with Gasteiger partial charge in [-0.1, -0.05) is 17.8 Å². The first kappa shape index (κ1) is 22.6. The molecule has 0 aliphatic heterocycles. The SMILES string of the molecule is NS(=O)(=O)c1cccc(NC(=O)CSc2nnc(-c3ccncc3)n2-c2ccc(F)cc2)c1. The van der Waals surface area contributed by atoms with Crippen LogP contribution >= 0.6 is 11.8 Å². The Bertz CT molecular complexity index is 1390. The van der Waals surface area contributed by atoms with Crippen LogP contribution in [0.5, 0.6) is 0 Å². The molecule has 0 atom stereocenters. The molecule has 2 heterocycles. The fraction of sp³-hybridized carbons (Fsp3) is 0.0476. The van der Waals surface area contributed by atoms with Crippen molar-refractivity contribution in [1.82, 2.24) is 19.7 Å². The fourth-order valence-electron chi connectivity index (χ4n) is 2.95. The third-order valence-corrected chi connectivity index (χ3v) is 6.28. The average Bonchev–Trinajstić information content (AvgIpc) is 3.22. The summed E-state index contributed by atoms with van der Waals surface area (Å²) in [7, 11) is -3.89. The number of nitrogens with zero attached hydrogens (tertiary/aromatic N) is 4. The number of nitrogens with one attached hydrogen (secondary N) is 1. The van der Waals surface area contributed by atoms with Gasteiger partial charge in [0.05, 0.1) is 10.6 Å². The normalized spacial score (nSPS) is 11.3. The Morgan fingerprint density at radius 1 is 1.06 bits per heavy atom. The predicted molar refractivity (Wildman–Crippen MR) is 122 cm³/mol. The summed E-state index contributed by atoms with van der Waals surface area (Å²) in [5.74, 6) is -0.291. The van der Waals surface area contributed by atoms with E-state index in [1.54, 1.807) is 47.3 Å². The van der Waals surface area contributed by atoms with E-state index >= 15 is 0 Å². The van der Waals surface area contributed by atoms with Crippen molar-refractivity contribution in [1.29, 1.82) is 0 Å².